The van der Waals surface area contributed by atoms with Crippen molar-refractivity contribution in [2.45, 2.75) is 12.6 Å². The number of nitrogens with one attached hydrogen (secondary N) is 1. The van der Waals surface area contributed by atoms with Crippen LogP contribution in [0, 0.1) is 0 Å². The van der Waals surface area contributed by atoms with E-state index in [1.54, 1.807) is 12.4 Å². The van der Waals surface area contributed by atoms with Crippen LogP contribution in [0.4, 0.5) is 0 Å². The molecule has 0 bridgehead atoms. The number of pyridine rings is 1. The summed E-state index contributed by atoms with van der Waals surface area (Å²) in [4.78, 5) is 9.56. The van der Waals surface area contributed by atoms with E-state index in [4.69, 9.17) is 17.2 Å². The molecule has 0 saturated carbocycles. The molecule has 1 atom stereocenters. The van der Waals surface area contributed by atoms with Crippen LogP contribution in [-0.4, -0.2) is 15.7 Å². The van der Waals surface area contributed by atoms with Crippen LogP contribution < -0.4 is 5.32 Å². The van der Waals surface area contributed by atoms with Crippen LogP contribution in [0.1, 0.15) is 18.1 Å². The number of hydrogen-bond donors (Lipinski definition) is 1. The van der Waals surface area contributed by atoms with Gasteiger partial charge < -0.3 is 5.32 Å². The van der Waals surface area contributed by atoms with Gasteiger partial charge in [-0.2, -0.15) is 0 Å². The van der Waals surface area contributed by atoms with E-state index in [0.717, 1.165) is 21.3 Å². The SMILES string of the molecule is CC1=NC(c2ccncc2)(c2cccc(Br)c2)NC1=S. The minimum Gasteiger partial charge on any atom is -0.343 e. The first kappa shape index (κ1) is 13.4. The first-order valence-electron chi connectivity index (χ1n) is 6.17. The molecule has 3 rings (SSSR count). The summed E-state index contributed by atoms with van der Waals surface area (Å²) in [5.41, 5.74) is 2.24. The maximum absolute atomic E-state index is 5.35. The molecule has 0 spiro atoms. The molecule has 0 amide bonds. The Morgan fingerprint density at radius 2 is 1.90 bits per heavy atom. The van der Waals surface area contributed by atoms with Gasteiger partial charge in [-0.05, 0) is 31.2 Å². The van der Waals surface area contributed by atoms with E-state index in [9.17, 15) is 0 Å². The van der Waals surface area contributed by atoms with Gasteiger partial charge in [-0.25, -0.2) is 4.99 Å². The molecule has 1 aromatic carbocycles. The Morgan fingerprint density at radius 3 is 2.50 bits per heavy atom. The van der Waals surface area contributed by atoms with Crippen molar-refractivity contribution < 1.29 is 0 Å². The summed E-state index contributed by atoms with van der Waals surface area (Å²) >= 11 is 8.87. The predicted molar refractivity (Wildman–Crippen MR) is 88.0 cm³/mol. The lowest BCUT2D eigenvalue weighted by Crippen LogP contribution is -2.40. The lowest BCUT2D eigenvalue weighted by atomic mass is 9.93. The Bertz CT molecular complexity index is 699. The van der Waals surface area contributed by atoms with Gasteiger partial charge in [-0.15, -0.1) is 0 Å². The highest BCUT2D eigenvalue weighted by Crippen LogP contribution is 2.35. The van der Waals surface area contributed by atoms with Crippen LogP contribution in [0.5, 0.6) is 0 Å². The summed E-state index contributed by atoms with van der Waals surface area (Å²) in [7, 11) is 0. The molecule has 3 nitrogen and oxygen atoms in total. The number of hydrogen-bond acceptors (Lipinski definition) is 3. The summed E-state index contributed by atoms with van der Waals surface area (Å²) < 4.78 is 1.01. The predicted octanol–water partition coefficient (Wildman–Crippen LogP) is 3.44. The molecule has 0 aliphatic carbocycles. The lowest BCUT2D eigenvalue weighted by molar-refractivity contribution is 0.523. The molecular weight excluding hydrogens is 334 g/mol. The van der Waals surface area contributed by atoms with Gasteiger partial charge in [0.05, 0.1) is 5.71 Å². The van der Waals surface area contributed by atoms with Gasteiger partial charge in [0, 0.05) is 28.0 Å². The van der Waals surface area contributed by atoms with Crippen LogP contribution in [0.25, 0.3) is 0 Å². The van der Waals surface area contributed by atoms with Crippen LogP contribution in [0.3, 0.4) is 0 Å². The van der Waals surface area contributed by atoms with Crippen LogP contribution in [0.2, 0.25) is 0 Å². The normalized spacial score (nSPS) is 21.5. The summed E-state index contributed by atoms with van der Waals surface area (Å²) in [5, 5.41) is 3.36. The van der Waals surface area contributed by atoms with Gasteiger partial charge in [0.15, 0.2) is 5.66 Å². The van der Waals surface area contributed by atoms with Crippen molar-refractivity contribution in [1.29, 1.82) is 0 Å². The largest absolute Gasteiger partial charge is 0.343 e. The molecule has 1 aliphatic heterocycles. The minimum atomic E-state index is -0.659. The van der Waals surface area contributed by atoms with Crippen molar-refractivity contribution in [1.82, 2.24) is 10.3 Å². The highest BCUT2D eigenvalue weighted by Gasteiger charge is 2.39. The van der Waals surface area contributed by atoms with Gasteiger partial charge in [-0.1, -0.05) is 40.3 Å². The average Bonchev–Trinajstić information content (AvgIpc) is 2.77. The van der Waals surface area contributed by atoms with Crippen molar-refractivity contribution in [3.63, 3.8) is 0 Å². The van der Waals surface area contributed by atoms with Crippen molar-refractivity contribution in [3.05, 3.63) is 64.4 Å². The zero-order chi connectivity index (χ0) is 14.2. The molecule has 1 unspecified atom stereocenters. The molecule has 1 aliphatic rings. The molecule has 1 aromatic heterocycles. The van der Waals surface area contributed by atoms with Crippen LogP contribution >= 0.6 is 28.1 Å². The average molecular weight is 346 g/mol. The van der Waals surface area contributed by atoms with Gasteiger partial charge in [0.1, 0.15) is 4.99 Å². The number of thiocarbonyl (C=S) groups is 1. The molecule has 20 heavy (non-hydrogen) atoms. The van der Waals surface area contributed by atoms with E-state index in [1.165, 1.54) is 0 Å². The van der Waals surface area contributed by atoms with E-state index in [2.05, 4.69) is 32.3 Å². The Morgan fingerprint density at radius 1 is 1.15 bits per heavy atom. The second kappa shape index (κ2) is 5.07. The first-order valence-corrected chi connectivity index (χ1v) is 7.37. The maximum atomic E-state index is 5.35. The van der Waals surface area contributed by atoms with Crippen molar-refractivity contribution in [3.8, 4) is 0 Å². The third kappa shape index (κ3) is 2.17. The van der Waals surface area contributed by atoms with Gasteiger partial charge >= 0.3 is 0 Å². The highest BCUT2D eigenvalue weighted by atomic mass is 79.9. The molecule has 0 radical (unpaired) electrons. The molecule has 2 aromatic rings. The smallest absolute Gasteiger partial charge is 0.183 e. The fourth-order valence-corrected chi connectivity index (χ4v) is 2.92. The zero-order valence-corrected chi connectivity index (χ0v) is 13.2. The van der Waals surface area contributed by atoms with Crippen molar-refractivity contribution >= 4 is 38.8 Å². The number of halogens is 1. The molecular formula is C15H12BrN3S. The Kier molecular flexibility index (Phi) is 3.40. The summed E-state index contributed by atoms with van der Waals surface area (Å²) in [6.07, 6.45) is 3.53. The standard InChI is InChI=1S/C15H12BrN3S/c1-10-14(20)19-15(18-10,11-5-7-17-8-6-11)12-3-2-4-13(16)9-12/h2-9H,1H3,(H,19,20). The topological polar surface area (TPSA) is 37.3 Å². The van der Waals surface area contributed by atoms with Gasteiger partial charge in [0.2, 0.25) is 0 Å². The van der Waals surface area contributed by atoms with Crippen LogP contribution in [0.15, 0.2) is 58.3 Å². The number of benzene rings is 1. The monoisotopic (exact) mass is 345 g/mol. The molecule has 0 fully saturated rings. The third-order valence-corrected chi connectivity index (χ3v) is 4.19. The Hall–Kier alpha value is -1.59. The van der Waals surface area contributed by atoms with E-state index < -0.39 is 5.66 Å². The molecule has 0 saturated heterocycles. The minimum absolute atomic E-state index is 0.659. The number of aromatic nitrogens is 1. The molecule has 2 heterocycles. The number of rotatable bonds is 2. The zero-order valence-electron chi connectivity index (χ0n) is 10.8. The van der Waals surface area contributed by atoms with Crippen molar-refractivity contribution in [2.75, 3.05) is 0 Å². The van der Waals surface area contributed by atoms with E-state index in [0.29, 0.717) is 4.99 Å². The van der Waals surface area contributed by atoms with E-state index in [-0.39, 0.29) is 0 Å². The van der Waals surface area contributed by atoms with Gasteiger partial charge in [-0.3, -0.25) is 4.98 Å². The summed E-state index contributed by atoms with van der Waals surface area (Å²) in [5.74, 6) is 0. The van der Waals surface area contributed by atoms with Gasteiger partial charge in [0.25, 0.3) is 0 Å². The van der Waals surface area contributed by atoms with E-state index >= 15 is 0 Å². The first-order chi connectivity index (χ1) is 9.62. The summed E-state index contributed by atoms with van der Waals surface area (Å²) in [6.45, 7) is 1.93. The quantitative estimate of drug-likeness (QED) is 0.847. The fraction of sp³-hybridized carbons (Fsp3) is 0.133. The molecule has 1 N–H and O–H groups in total. The Balaban J connectivity index is 2.23. The number of nitrogens with zero attached hydrogens (tertiary/aromatic N) is 2. The summed E-state index contributed by atoms with van der Waals surface area (Å²) in [6, 6.07) is 12.0. The van der Waals surface area contributed by atoms with E-state index in [1.807, 2.05) is 37.3 Å². The maximum Gasteiger partial charge on any atom is 0.183 e. The second-order valence-electron chi connectivity index (χ2n) is 4.61. The molecule has 100 valence electrons. The number of aliphatic imine (C=N–C) groups is 1. The molecule has 5 heteroatoms. The Labute approximate surface area is 131 Å². The van der Waals surface area contributed by atoms with Crippen molar-refractivity contribution in [2.24, 2.45) is 4.99 Å². The second-order valence-corrected chi connectivity index (χ2v) is 5.93. The van der Waals surface area contributed by atoms with Crippen LogP contribution in [-0.2, 0) is 5.66 Å². The third-order valence-electron chi connectivity index (χ3n) is 3.30. The lowest BCUT2D eigenvalue weighted by Gasteiger charge is -2.28. The highest BCUT2D eigenvalue weighted by molar-refractivity contribution is 9.10. The fourth-order valence-electron chi connectivity index (χ4n) is 2.33.